The molecular formula is C19H23N3O3S. The Bertz CT molecular complexity index is 790. The molecule has 0 bridgehead atoms. The summed E-state index contributed by atoms with van der Waals surface area (Å²) in [6, 6.07) is 7.82. The van der Waals surface area contributed by atoms with Crippen LogP contribution < -0.4 is 9.64 Å². The number of carbonyl (C=O) groups is 2. The Balaban J connectivity index is 1.47. The smallest absolute Gasteiger partial charge is 0.228 e. The number of aromatic nitrogens is 1. The van der Waals surface area contributed by atoms with Gasteiger partial charge in [0.1, 0.15) is 12.4 Å². The molecule has 1 saturated heterocycles. The SMILES string of the molecule is Cc1ccccc1OCCN(C)C(=O)Cc1csc(N2CCCC2=O)n1. The minimum atomic E-state index is -0.0111. The fraction of sp³-hybridized carbons (Fsp3) is 0.421. The maximum absolute atomic E-state index is 12.4. The summed E-state index contributed by atoms with van der Waals surface area (Å²) in [5.41, 5.74) is 1.79. The van der Waals surface area contributed by atoms with Crippen molar-refractivity contribution in [1.82, 2.24) is 9.88 Å². The third kappa shape index (κ3) is 4.40. The molecular weight excluding hydrogens is 350 g/mol. The molecule has 0 atom stereocenters. The predicted octanol–water partition coefficient (Wildman–Crippen LogP) is 2.66. The maximum Gasteiger partial charge on any atom is 0.228 e. The molecule has 6 nitrogen and oxygen atoms in total. The number of para-hydroxylation sites is 1. The van der Waals surface area contributed by atoms with Crippen LogP contribution in [0.15, 0.2) is 29.6 Å². The van der Waals surface area contributed by atoms with Crippen LogP contribution in [0.5, 0.6) is 5.75 Å². The summed E-state index contributed by atoms with van der Waals surface area (Å²) in [4.78, 5) is 32.0. The quantitative estimate of drug-likeness (QED) is 0.749. The summed E-state index contributed by atoms with van der Waals surface area (Å²) in [6.45, 7) is 3.66. The normalized spacial score (nSPS) is 13.9. The van der Waals surface area contributed by atoms with Gasteiger partial charge in [-0.3, -0.25) is 14.5 Å². The minimum absolute atomic E-state index is 0.0111. The number of likely N-dealkylation sites (N-methyl/N-ethyl adjacent to an activating group) is 1. The minimum Gasteiger partial charge on any atom is -0.491 e. The molecule has 0 N–H and O–H groups in total. The van der Waals surface area contributed by atoms with Gasteiger partial charge in [-0.15, -0.1) is 11.3 Å². The first-order valence-electron chi connectivity index (χ1n) is 8.72. The van der Waals surface area contributed by atoms with E-state index in [-0.39, 0.29) is 18.2 Å². The van der Waals surface area contributed by atoms with Gasteiger partial charge in [-0.1, -0.05) is 18.2 Å². The van der Waals surface area contributed by atoms with Crippen LogP contribution in [-0.4, -0.2) is 48.4 Å². The Morgan fingerprint density at radius 3 is 2.92 bits per heavy atom. The monoisotopic (exact) mass is 373 g/mol. The van der Waals surface area contributed by atoms with Crippen LogP contribution in [0, 0.1) is 6.92 Å². The number of thiazole rings is 1. The van der Waals surface area contributed by atoms with Crippen molar-refractivity contribution in [2.24, 2.45) is 0 Å². The number of amides is 2. The van der Waals surface area contributed by atoms with Crippen molar-refractivity contribution < 1.29 is 14.3 Å². The number of nitrogens with zero attached hydrogens (tertiary/aromatic N) is 3. The third-order valence-electron chi connectivity index (χ3n) is 4.38. The van der Waals surface area contributed by atoms with Gasteiger partial charge >= 0.3 is 0 Å². The average molecular weight is 373 g/mol. The van der Waals surface area contributed by atoms with E-state index < -0.39 is 0 Å². The van der Waals surface area contributed by atoms with Gasteiger partial charge in [-0.2, -0.15) is 0 Å². The van der Waals surface area contributed by atoms with E-state index in [9.17, 15) is 9.59 Å². The lowest BCUT2D eigenvalue weighted by molar-refractivity contribution is -0.129. The van der Waals surface area contributed by atoms with E-state index >= 15 is 0 Å². The van der Waals surface area contributed by atoms with Gasteiger partial charge in [-0.25, -0.2) is 4.98 Å². The molecule has 1 fully saturated rings. The van der Waals surface area contributed by atoms with Crippen LogP contribution in [0.2, 0.25) is 0 Å². The molecule has 0 aliphatic carbocycles. The van der Waals surface area contributed by atoms with E-state index in [4.69, 9.17) is 4.74 Å². The van der Waals surface area contributed by atoms with Crippen molar-refractivity contribution in [3.63, 3.8) is 0 Å². The molecule has 26 heavy (non-hydrogen) atoms. The summed E-state index contributed by atoms with van der Waals surface area (Å²) >= 11 is 1.42. The van der Waals surface area contributed by atoms with Crippen molar-refractivity contribution >= 4 is 28.3 Å². The molecule has 0 radical (unpaired) electrons. The Morgan fingerprint density at radius 1 is 1.38 bits per heavy atom. The zero-order valence-corrected chi connectivity index (χ0v) is 15.9. The van der Waals surface area contributed by atoms with Gasteiger partial charge in [0.05, 0.1) is 18.7 Å². The van der Waals surface area contributed by atoms with Crippen LogP contribution in [0.4, 0.5) is 5.13 Å². The van der Waals surface area contributed by atoms with Gasteiger partial charge in [0, 0.05) is 25.4 Å². The van der Waals surface area contributed by atoms with E-state index in [2.05, 4.69) is 4.98 Å². The molecule has 1 aliphatic heterocycles. The largest absolute Gasteiger partial charge is 0.491 e. The Morgan fingerprint density at radius 2 is 2.19 bits per heavy atom. The predicted molar refractivity (Wildman–Crippen MR) is 102 cm³/mol. The van der Waals surface area contributed by atoms with Crippen molar-refractivity contribution in [1.29, 1.82) is 0 Å². The number of carbonyl (C=O) groups excluding carboxylic acids is 2. The number of hydrogen-bond donors (Lipinski definition) is 0. The van der Waals surface area contributed by atoms with E-state index in [0.717, 1.165) is 24.3 Å². The van der Waals surface area contributed by atoms with E-state index in [1.807, 2.05) is 36.6 Å². The first-order valence-corrected chi connectivity index (χ1v) is 9.59. The number of benzene rings is 1. The lowest BCUT2D eigenvalue weighted by Crippen LogP contribution is -2.32. The van der Waals surface area contributed by atoms with Crippen LogP contribution in [0.1, 0.15) is 24.1 Å². The molecule has 138 valence electrons. The molecule has 7 heteroatoms. The molecule has 2 heterocycles. The van der Waals surface area contributed by atoms with Crippen molar-refractivity contribution in [3.8, 4) is 5.75 Å². The molecule has 2 amide bonds. The van der Waals surface area contributed by atoms with Gasteiger partial charge in [0.25, 0.3) is 0 Å². The number of aryl methyl sites for hydroxylation is 1. The lowest BCUT2D eigenvalue weighted by atomic mass is 10.2. The van der Waals surface area contributed by atoms with Crippen LogP contribution in [0.3, 0.4) is 0 Å². The number of hydrogen-bond acceptors (Lipinski definition) is 5. The highest BCUT2D eigenvalue weighted by Crippen LogP contribution is 2.25. The molecule has 0 unspecified atom stereocenters. The van der Waals surface area contributed by atoms with Gasteiger partial charge < -0.3 is 9.64 Å². The third-order valence-corrected chi connectivity index (χ3v) is 5.29. The molecule has 3 rings (SSSR count). The second-order valence-electron chi connectivity index (χ2n) is 6.38. The fourth-order valence-electron chi connectivity index (χ4n) is 2.78. The van der Waals surface area contributed by atoms with E-state index in [1.165, 1.54) is 11.3 Å². The molecule has 2 aromatic rings. The first-order chi connectivity index (χ1) is 12.5. The average Bonchev–Trinajstić information content (AvgIpc) is 3.25. The summed E-state index contributed by atoms with van der Waals surface area (Å²) in [5, 5.41) is 2.55. The Hall–Kier alpha value is -2.41. The van der Waals surface area contributed by atoms with Gasteiger partial charge in [0.2, 0.25) is 11.8 Å². The van der Waals surface area contributed by atoms with Crippen LogP contribution in [-0.2, 0) is 16.0 Å². The maximum atomic E-state index is 12.4. The summed E-state index contributed by atoms with van der Waals surface area (Å²) in [6.07, 6.45) is 1.69. The summed E-state index contributed by atoms with van der Waals surface area (Å²) < 4.78 is 5.74. The zero-order chi connectivity index (χ0) is 18.5. The van der Waals surface area contributed by atoms with Crippen molar-refractivity contribution in [2.45, 2.75) is 26.2 Å². The van der Waals surface area contributed by atoms with Crippen molar-refractivity contribution in [3.05, 3.63) is 40.9 Å². The standard InChI is InChI=1S/C19H23N3O3S/c1-14-6-3-4-7-16(14)25-11-10-21(2)18(24)12-15-13-26-19(20-15)22-9-5-8-17(22)23/h3-4,6-7,13H,5,8-12H2,1-2H3. The highest BCUT2D eigenvalue weighted by molar-refractivity contribution is 7.14. The Labute approximate surface area is 157 Å². The fourth-order valence-corrected chi connectivity index (χ4v) is 3.65. The van der Waals surface area contributed by atoms with Gasteiger partial charge in [-0.05, 0) is 25.0 Å². The van der Waals surface area contributed by atoms with E-state index in [0.29, 0.717) is 30.4 Å². The second-order valence-corrected chi connectivity index (χ2v) is 7.21. The molecule has 0 spiro atoms. The highest BCUT2D eigenvalue weighted by Gasteiger charge is 2.24. The molecule has 1 aromatic carbocycles. The number of rotatable bonds is 7. The number of anilines is 1. The van der Waals surface area contributed by atoms with Crippen LogP contribution >= 0.6 is 11.3 Å². The molecule has 1 aromatic heterocycles. The lowest BCUT2D eigenvalue weighted by Gasteiger charge is -2.17. The second kappa shape index (κ2) is 8.31. The van der Waals surface area contributed by atoms with Crippen molar-refractivity contribution in [2.75, 3.05) is 31.6 Å². The van der Waals surface area contributed by atoms with Gasteiger partial charge in [0.15, 0.2) is 5.13 Å². The first kappa shape index (κ1) is 18.4. The Kier molecular flexibility index (Phi) is 5.88. The highest BCUT2D eigenvalue weighted by atomic mass is 32.1. The van der Waals surface area contributed by atoms with Crippen LogP contribution in [0.25, 0.3) is 0 Å². The topological polar surface area (TPSA) is 62.7 Å². The molecule has 0 saturated carbocycles. The summed E-state index contributed by atoms with van der Waals surface area (Å²) in [5.74, 6) is 0.943. The van der Waals surface area contributed by atoms with E-state index in [1.54, 1.807) is 16.8 Å². The molecule has 1 aliphatic rings. The number of ether oxygens (including phenoxy) is 1. The summed E-state index contributed by atoms with van der Waals surface area (Å²) in [7, 11) is 1.76. The zero-order valence-electron chi connectivity index (χ0n) is 15.1.